The number of hydrogen-bond acceptors (Lipinski definition) is 3. The van der Waals surface area contributed by atoms with E-state index in [1.54, 1.807) is 0 Å². The molecule has 0 N–H and O–H groups in total. The molecule has 6 heteroatoms. The Kier molecular flexibility index (Phi) is 6.61. The molecule has 1 saturated heterocycles. The van der Waals surface area contributed by atoms with Crippen molar-refractivity contribution in [1.29, 1.82) is 0 Å². The van der Waals surface area contributed by atoms with E-state index < -0.39 is 0 Å². The summed E-state index contributed by atoms with van der Waals surface area (Å²) in [6, 6.07) is 0. The average Bonchev–Trinajstić information content (AvgIpc) is 1.72. The van der Waals surface area contributed by atoms with Gasteiger partial charge in [-0.05, 0) is 0 Å². The topological polar surface area (TPSA) is 0 Å². The Morgan fingerprint density at radius 2 is 1.00 bits per heavy atom. The van der Waals surface area contributed by atoms with Gasteiger partial charge in [0, 0.05) is 0 Å². The van der Waals surface area contributed by atoms with Crippen molar-refractivity contribution in [2.45, 2.75) is 0 Å². The van der Waals surface area contributed by atoms with E-state index in [1.165, 1.54) is 0 Å². The zero-order chi connectivity index (χ0) is 4.24. The zero-order valence-corrected chi connectivity index (χ0v) is 17.9. The van der Waals surface area contributed by atoms with Crippen LogP contribution in [0, 0.1) is 0 Å². The van der Waals surface area contributed by atoms with Crippen molar-refractivity contribution in [3.05, 3.63) is 0 Å². The van der Waals surface area contributed by atoms with E-state index in [2.05, 4.69) is 18.4 Å². The van der Waals surface area contributed by atoms with Crippen LogP contribution in [0.2, 0.25) is 0 Å². The summed E-state index contributed by atoms with van der Waals surface area (Å²) in [7, 11) is 0. The molecule has 0 spiro atoms. The Hall–Kier alpha value is 3.45. The van der Waals surface area contributed by atoms with E-state index in [4.69, 9.17) is 0 Å². The van der Waals surface area contributed by atoms with Crippen LogP contribution >= 0.6 is 18.4 Å². The monoisotopic (exact) mass is 462 g/mol. The first kappa shape index (κ1) is 7.55. The molecule has 0 aromatic rings. The molecule has 1 aliphatic rings. The summed E-state index contributed by atoms with van der Waals surface area (Å²) >= 11 is 0. The molecule has 0 saturated carbocycles. The Balaban J connectivity index is 2.00. The van der Waals surface area contributed by atoms with Crippen LogP contribution in [0.1, 0.15) is 0 Å². The summed E-state index contributed by atoms with van der Waals surface area (Å²) in [6.45, 7) is 0. The van der Waals surface area contributed by atoms with Crippen molar-refractivity contribution in [3.63, 3.8) is 0 Å². The van der Waals surface area contributed by atoms with Crippen molar-refractivity contribution in [3.8, 4) is 0 Å². The van der Waals surface area contributed by atoms with Gasteiger partial charge in [-0.3, -0.25) is 0 Å². The molecule has 0 aromatic heterocycles. The quantitative estimate of drug-likeness (QED) is 0.437. The predicted molar refractivity (Wildman–Crippen MR) is 48.4 cm³/mol. The molecule has 6 heavy (non-hydrogen) atoms. The van der Waals surface area contributed by atoms with Crippen LogP contribution in [0.25, 0.3) is 0 Å². The third-order valence-electron chi connectivity index (χ3n) is 0.500. The Morgan fingerprint density at radius 3 is 1.17 bits per heavy atom. The van der Waals surface area contributed by atoms with Crippen molar-refractivity contribution >= 4 is 73.5 Å². The average molecular weight is 458 g/mol. The van der Waals surface area contributed by atoms with E-state index in [1.807, 2.05) is 0 Å². The molecule has 0 radical (unpaired) electrons. The minimum atomic E-state index is 0. The van der Waals surface area contributed by atoms with E-state index >= 15 is 0 Å². The molecule has 0 unspecified atom stereocenters. The second-order valence-corrected chi connectivity index (χ2v) is 104. The molecule has 1 aliphatic heterocycles. The summed E-state index contributed by atoms with van der Waals surface area (Å²) in [5.74, 6) is 0. The molecule has 0 amide bonds. The van der Waals surface area contributed by atoms with Crippen LogP contribution in [0.4, 0.5) is 0 Å². The fraction of sp³-hybridized carbons (Fsp3) is 0. The van der Waals surface area contributed by atoms with E-state index in [0.717, 1.165) is 0 Å². The first-order valence-corrected chi connectivity index (χ1v) is 34.9. The maximum atomic E-state index is 2.49. The van der Waals surface area contributed by atoms with Gasteiger partial charge in [-0.25, -0.2) is 0 Å². The van der Waals surface area contributed by atoms with Gasteiger partial charge in [0.2, 0.25) is 0 Å². The molecular weight excluding hydrogens is 452 g/mol. The van der Waals surface area contributed by atoms with E-state index in [9.17, 15) is 0 Å². The third kappa shape index (κ3) is 3.47. The van der Waals surface area contributed by atoms with Gasteiger partial charge >= 0.3 is 73.5 Å². The van der Waals surface area contributed by atoms with Crippen LogP contribution in [-0.4, -0.2) is 55.1 Å². The normalized spacial score (nSPS) is 36.0. The summed E-state index contributed by atoms with van der Waals surface area (Å²) < 4.78 is 0. The van der Waals surface area contributed by atoms with Crippen LogP contribution in [0.3, 0.4) is 0 Å². The molecule has 1 heterocycles. The zero-order valence-electron chi connectivity index (χ0n) is 3.35. The van der Waals surface area contributed by atoms with Gasteiger partial charge in [-0.1, -0.05) is 0 Å². The molecule has 36 valence electrons. The molecule has 0 aliphatic carbocycles. The Morgan fingerprint density at radius 1 is 0.667 bits per heavy atom. The second-order valence-electron chi connectivity index (χ2n) is 0.966. The summed E-state index contributed by atoms with van der Waals surface area (Å²) in [5.41, 5.74) is 0. The summed E-state index contributed by atoms with van der Waals surface area (Å²) in [5, 5.41) is 0. The van der Waals surface area contributed by atoms with E-state index in [-0.39, 0.29) is 55.1 Å². The third-order valence-corrected chi connectivity index (χ3v) is 202. The Bertz CT molecular complexity index is 21.5. The van der Waals surface area contributed by atoms with Gasteiger partial charge in [0.1, 0.15) is 0 Å². The number of hydrogen-bond donors (Lipinski definition) is 0. The summed E-state index contributed by atoms with van der Waals surface area (Å²) in [6.07, 6.45) is 7.48. The van der Waals surface area contributed by atoms with Crippen molar-refractivity contribution in [2.24, 2.45) is 0 Å². The predicted octanol–water partition coefficient (Wildman–Crippen LogP) is -0.804. The van der Waals surface area contributed by atoms with Crippen LogP contribution in [-0.2, 0) is 0 Å². The molecule has 0 atom stereocenters. The molecule has 0 aromatic carbocycles. The van der Waals surface area contributed by atoms with Gasteiger partial charge in [0.15, 0.2) is 0 Å². The van der Waals surface area contributed by atoms with Crippen molar-refractivity contribution < 1.29 is 0 Å². The minimum absolute atomic E-state index is 0. The van der Waals surface area contributed by atoms with Crippen LogP contribution in [0.5, 0.6) is 0 Å². The van der Waals surface area contributed by atoms with Gasteiger partial charge in [0.05, 0.1) is 0 Å². The maximum absolute atomic E-state index is 2.49. The molecule has 1 fully saturated rings. The van der Waals surface area contributed by atoms with Gasteiger partial charge in [-0.15, -0.1) is 0 Å². The molecule has 1 rings (SSSR count). The van der Waals surface area contributed by atoms with Gasteiger partial charge in [-0.2, -0.15) is 0 Å². The molecular formula is H6S3Sn3. The molecule has 0 bridgehead atoms. The summed E-state index contributed by atoms with van der Waals surface area (Å²) in [4.78, 5) is 0. The molecule has 0 nitrogen and oxygen atoms in total. The van der Waals surface area contributed by atoms with Gasteiger partial charge in [0.25, 0.3) is 0 Å². The van der Waals surface area contributed by atoms with Crippen LogP contribution < -0.4 is 0 Å². The second kappa shape index (κ2) is 5.25. The Labute approximate surface area is 71.5 Å². The first-order valence-electron chi connectivity index (χ1n) is 1.73. The van der Waals surface area contributed by atoms with E-state index in [0.29, 0.717) is 0 Å². The van der Waals surface area contributed by atoms with Crippen molar-refractivity contribution in [1.82, 2.24) is 0 Å². The van der Waals surface area contributed by atoms with Crippen LogP contribution in [0.15, 0.2) is 0 Å². The number of rotatable bonds is 0. The van der Waals surface area contributed by atoms with Gasteiger partial charge < -0.3 is 0 Å². The first-order chi connectivity index (χ1) is 3.00. The SMILES string of the molecule is [S]1[SnH2][S][SnH2][S][SnH2]1. The fourth-order valence-corrected chi connectivity index (χ4v) is 604. The standard InChI is InChI=1S/3S.3Sn.6H. The fourth-order valence-electron chi connectivity index (χ4n) is 0.279. The van der Waals surface area contributed by atoms with Crippen molar-refractivity contribution in [2.75, 3.05) is 0 Å².